The fraction of sp³-hybridized carbons (Fsp3) is 0.0465. The second-order valence-corrected chi connectivity index (χ2v) is 12.3. The molecule has 1 heterocycles. The minimum absolute atomic E-state index is 0.0352. The van der Waals surface area contributed by atoms with Gasteiger partial charge in [-0.25, -0.2) is 0 Å². The number of hydrogen-bond donors (Lipinski definition) is 2. The Labute approximate surface area is 280 Å². The Morgan fingerprint density at radius 1 is 0.787 bits per heavy atom. The fourth-order valence-corrected chi connectivity index (χ4v) is 7.14. The molecule has 0 spiro atoms. The van der Waals surface area contributed by atoms with Crippen LogP contribution in [0.5, 0.6) is 0 Å². The average Bonchev–Trinajstić information content (AvgIpc) is 3.74. The van der Waals surface area contributed by atoms with Crippen molar-refractivity contribution >= 4 is 52.2 Å². The van der Waals surface area contributed by atoms with Crippen LogP contribution in [0, 0.1) is 0 Å². The second kappa shape index (κ2) is 13.5. The van der Waals surface area contributed by atoms with E-state index < -0.39 is 0 Å². The molecule has 1 unspecified atom stereocenters. The van der Waals surface area contributed by atoms with E-state index in [2.05, 4.69) is 162 Å². The van der Waals surface area contributed by atoms with E-state index in [1.165, 1.54) is 21.6 Å². The fourth-order valence-electron chi connectivity index (χ4n) is 6.56. The zero-order chi connectivity index (χ0) is 32.2. The summed E-state index contributed by atoms with van der Waals surface area (Å²) in [6.07, 6.45) is 12.6. The number of para-hydroxylation sites is 1. The van der Waals surface area contributed by atoms with E-state index in [1.54, 1.807) is 11.8 Å². The summed E-state index contributed by atoms with van der Waals surface area (Å²) in [6.45, 7) is 4.27. The normalized spacial score (nSPS) is 13.1. The summed E-state index contributed by atoms with van der Waals surface area (Å²) in [7, 11) is 0. The summed E-state index contributed by atoms with van der Waals surface area (Å²) >= 11 is 1.75. The lowest BCUT2D eigenvalue weighted by Crippen LogP contribution is -2.13. The van der Waals surface area contributed by atoms with Gasteiger partial charge in [-0.15, -0.1) is 17.5 Å². The number of allylic oxidation sites excluding steroid dienone is 2. The molecule has 1 aliphatic carbocycles. The Kier molecular flexibility index (Phi) is 8.64. The summed E-state index contributed by atoms with van der Waals surface area (Å²) in [5.41, 5.74) is 18.5. The number of anilines is 1. The zero-order valence-electron chi connectivity index (χ0n) is 26.2. The number of nitrogens with two attached hydrogens (primary N) is 1. The van der Waals surface area contributed by atoms with Crippen molar-refractivity contribution in [3.05, 3.63) is 196 Å². The summed E-state index contributed by atoms with van der Waals surface area (Å²) in [5, 5.41) is 1.15. The molecule has 0 fully saturated rings. The molecule has 228 valence electrons. The highest BCUT2D eigenvalue weighted by Crippen LogP contribution is 2.40. The van der Waals surface area contributed by atoms with Gasteiger partial charge in [-0.05, 0) is 76.6 Å². The number of benzene rings is 5. The number of hydrogen-bond acceptors (Lipinski definition) is 3. The van der Waals surface area contributed by atoms with Crippen LogP contribution in [0.3, 0.4) is 0 Å². The van der Waals surface area contributed by atoms with E-state index in [9.17, 15) is 0 Å². The van der Waals surface area contributed by atoms with Crippen molar-refractivity contribution in [1.29, 1.82) is 0 Å². The first kappa shape index (κ1) is 30.2. The van der Waals surface area contributed by atoms with Crippen LogP contribution < -0.4 is 11.3 Å². The molecule has 1 aliphatic rings. The van der Waals surface area contributed by atoms with Gasteiger partial charge in [0.05, 0.1) is 16.9 Å². The molecular weight excluding hydrogens is 591 g/mol. The van der Waals surface area contributed by atoms with E-state index >= 15 is 0 Å². The number of thioether (sulfide) groups is 1. The number of aromatic nitrogens is 1. The molecular formula is C43H35N3S. The third kappa shape index (κ3) is 5.82. The molecule has 0 saturated heterocycles. The minimum atomic E-state index is -0.0352. The summed E-state index contributed by atoms with van der Waals surface area (Å²) in [5.74, 6) is 6.01. The lowest BCUT2D eigenvalue weighted by Gasteiger charge is -2.23. The molecule has 0 radical (unpaired) electrons. The Morgan fingerprint density at radius 3 is 2.30 bits per heavy atom. The van der Waals surface area contributed by atoms with Gasteiger partial charge in [-0.1, -0.05) is 122 Å². The van der Waals surface area contributed by atoms with Crippen LogP contribution in [0.25, 0.3) is 40.4 Å². The number of fused-ring (bicyclic) bond motifs is 1. The Hall–Kier alpha value is -5.51. The molecule has 0 bridgehead atoms. The summed E-state index contributed by atoms with van der Waals surface area (Å²) < 4.78 is 2.37. The number of nitrogens with one attached hydrogen (secondary N) is 1. The standard InChI is InChI=1S/C43H35N3S/c1-3-35-37-26-25-32(36-21-13-23-42(36)47-2)29-41(37)46(40(35)27-24-30-14-6-4-7-15-30)34-19-12-18-33(28-34)43(31-16-8-5-9-17-31)38-20-10-11-22-39(38)45-44/h3-12,14-29,43,45H,1,44H2,2H3. The Balaban J connectivity index is 1.48. The van der Waals surface area contributed by atoms with Crippen molar-refractivity contribution in [2.24, 2.45) is 5.84 Å². The zero-order valence-corrected chi connectivity index (χ0v) is 27.0. The molecule has 0 amide bonds. The Bertz CT molecular complexity index is 2210. The van der Waals surface area contributed by atoms with Gasteiger partial charge in [0.25, 0.3) is 0 Å². The maximum Gasteiger partial charge on any atom is 0.0547 e. The van der Waals surface area contributed by atoms with Crippen LogP contribution >= 0.6 is 11.8 Å². The lowest BCUT2D eigenvalue weighted by atomic mass is 9.84. The SMILES string of the molecule is C=Cc1c(C=Cc2ccccc2)n(-c2cccc(C(c3ccccc3)c3ccccc3NN)c2)c2cc(C3=C(SC)C=C=C3)ccc12. The van der Waals surface area contributed by atoms with Gasteiger partial charge < -0.3 is 9.99 Å². The number of nitrogen functional groups attached to an aromatic ring is 1. The molecule has 4 heteroatoms. The van der Waals surface area contributed by atoms with Gasteiger partial charge in [-0.2, -0.15) is 0 Å². The second-order valence-electron chi connectivity index (χ2n) is 11.4. The van der Waals surface area contributed by atoms with Crippen LogP contribution in [-0.4, -0.2) is 10.8 Å². The largest absolute Gasteiger partial charge is 0.324 e. The first-order chi connectivity index (χ1) is 23.2. The van der Waals surface area contributed by atoms with Crippen LogP contribution in [-0.2, 0) is 0 Å². The van der Waals surface area contributed by atoms with Gasteiger partial charge in [-0.3, -0.25) is 5.84 Å². The molecule has 3 nitrogen and oxygen atoms in total. The number of hydrazine groups is 1. The van der Waals surface area contributed by atoms with E-state index in [1.807, 2.05) is 24.3 Å². The third-order valence-electron chi connectivity index (χ3n) is 8.74. The van der Waals surface area contributed by atoms with E-state index in [0.29, 0.717) is 0 Å². The highest BCUT2D eigenvalue weighted by molar-refractivity contribution is 8.02. The van der Waals surface area contributed by atoms with E-state index in [-0.39, 0.29) is 5.92 Å². The molecule has 47 heavy (non-hydrogen) atoms. The number of rotatable bonds is 10. The molecule has 0 aliphatic heterocycles. The highest BCUT2D eigenvalue weighted by atomic mass is 32.2. The van der Waals surface area contributed by atoms with Crippen LogP contribution in [0.15, 0.2) is 157 Å². The topological polar surface area (TPSA) is 43.0 Å². The summed E-state index contributed by atoms with van der Waals surface area (Å²) in [6, 6.07) is 44.9. The monoisotopic (exact) mass is 625 g/mol. The van der Waals surface area contributed by atoms with Gasteiger partial charge >= 0.3 is 0 Å². The lowest BCUT2D eigenvalue weighted by molar-refractivity contribution is 0.967. The van der Waals surface area contributed by atoms with E-state index in [0.717, 1.165) is 50.2 Å². The molecule has 0 saturated carbocycles. The maximum absolute atomic E-state index is 6.05. The maximum atomic E-state index is 6.05. The minimum Gasteiger partial charge on any atom is -0.324 e. The smallest absolute Gasteiger partial charge is 0.0547 e. The average molecular weight is 626 g/mol. The molecule has 1 atom stereocenters. The van der Waals surface area contributed by atoms with Crippen molar-refractivity contribution in [2.75, 3.05) is 11.7 Å². The van der Waals surface area contributed by atoms with Crippen LogP contribution in [0.1, 0.15) is 45.0 Å². The molecule has 1 aromatic heterocycles. The number of nitrogens with zero attached hydrogens (tertiary/aromatic N) is 1. The van der Waals surface area contributed by atoms with Crippen molar-refractivity contribution in [2.45, 2.75) is 5.92 Å². The molecule has 3 N–H and O–H groups in total. The summed E-state index contributed by atoms with van der Waals surface area (Å²) in [4.78, 5) is 1.22. The first-order valence-corrected chi connectivity index (χ1v) is 16.9. The van der Waals surface area contributed by atoms with Gasteiger partial charge in [0.2, 0.25) is 0 Å². The van der Waals surface area contributed by atoms with Gasteiger partial charge in [0, 0.05) is 33.0 Å². The van der Waals surface area contributed by atoms with Crippen molar-refractivity contribution in [3.8, 4) is 5.69 Å². The van der Waals surface area contributed by atoms with Crippen LogP contribution in [0.4, 0.5) is 5.69 Å². The van der Waals surface area contributed by atoms with Crippen LogP contribution in [0.2, 0.25) is 0 Å². The molecule has 7 rings (SSSR count). The molecule has 5 aromatic carbocycles. The van der Waals surface area contributed by atoms with E-state index in [4.69, 9.17) is 5.84 Å². The van der Waals surface area contributed by atoms with Crippen molar-refractivity contribution < 1.29 is 0 Å². The predicted molar refractivity (Wildman–Crippen MR) is 203 cm³/mol. The highest BCUT2D eigenvalue weighted by Gasteiger charge is 2.22. The quantitative estimate of drug-likeness (QED) is 0.0689. The van der Waals surface area contributed by atoms with Gasteiger partial charge in [0.1, 0.15) is 0 Å². The molecule has 6 aromatic rings. The van der Waals surface area contributed by atoms with Crippen molar-refractivity contribution in [1.82, 2.24) is 4.57 Å². The Morgan fingerprint density at radius 2 is 1.53 bits per heavy atom. The van der Waals surface area contributed by atoms with Crippen molar-refractivity contribution in [3.63, 3.8) is 0 Å². The predicted octanol–water partition coefficient (Wildman–Crippen LogP) is 10.7. The third-order valence-corrected chi connectivity index (χ3v) is 9.52. The van der Waals surface area contributed by atoms with Gasteiger partial charge in [0.15, 0.2) is 0 Å². The first-order valence-electron chi connectivity index (χ1n) is 15.7.